The van der Waals surface area contributed by atoms with Crippen molar-refractivity contribution in [2.75, 3.05) is 0 Å². The highest BCUT2D eigenvalue weighted by Crippen LogP contribution is 2.19. The second kappa shape index (κ2) is 3.08. The SMILES string of the molecule is NNC(=O)c1nc2ccncc2s1. The predicted octanol–water partition coefficient (Wildman–Crippen LogP) is 0.295. The van der Waals surface area contributed by atoms with Gasteiger partial charge in [-0.1, -0.05) is 0 Å². The fourth-order valence-corrected chi connectivity index (χ4v) is 1.77. The molecule has 0 atom stereocenters. The minimum Gasteiger partial charge on any atom is -0.288 e. The molecule has 2 heterocycles. The highest BCUT2D eigenvalue weighted by atomic mass is 32.1. The highest BCUT2D eigenvalue weighted by molar-refractivity contribution is 7.20. The molecule has 2 rings (SSSR count). The van der Waals surface area contributed by atoms with E-state index in [1.807, 2.05) is 5.43 Å². The van der Waals surface area contributed by atoms with Crippen LogP contribution in [0.3, 0.4) is 0 Å². The van der Waals surface area contributed by atoms with Gasteiger partial charge in [-0.3, -0.25) is 15.2 Å². The third kappa shape index (κ3) is 1.36. The fraction of sp³-hybridized carbons (Fsp3) is 0. The lowest BCUT2D eigenvalue weighted by Crippen LogP contribution is -2.29. The molecule has 0 fully saturated rings. The van der Waals surface area contributed by atoms with Crippen molar-refractivity contribution in [3.05, 3.63) is 23.5 Å². The van der Waals surface area contributed by atoms with Gasteiger partial charge in [0.15, 0.2) is 5.01 Å². The first-order valence-corrected chi connectivity index (χ1v) is 4.34. The second-order valence-corrected chi connectivity index (χ2v) is 3.37. The molecule has 0 aliphatic heterocycles. The van der Waals surface area contributed by atoms with E-state index in [4.69, 9.17) is 5.84 Å². The van der Waals surface area contributed by atoms with Crippen LogP contribution in [-0.2, 0) is 0 Å². The average molecular weight is 194 g/mol. The van der Waals surface area contributed by atoms with Crippen LogP contribution in [0.5, 0.6) is 0 Å². The molecule has 0 aliphatic carbocycles. The first-order valence-electron chi connectivity index (χ1n) is 3.53. The maximum atomic E-state index is 11.1. The van der Waals surface area contributed by atoms with Crippen molar-refractivity contribution in [3.8, 4) is 0 Å². The summed E-state index contributed by atoms with van der Waals surface area (Å²) in [6, 6.07) is 1.75. The lowest BCUT2D eigenvalue weighted by atomic mass is 10.4. The number of carbonyl (C=O) groups is 1. The number of rotatable bonds is 1. The van der Waals surface area contributed by atoms with Gasteiger partial charge in [-0.05, 0) is 6.07 Å². The molecule has 0 unspecified atom stereocenters. The number of amides is 1. The van der Waals surface area contributed by atoms with Gasteiger partial charge in [0.25, 0.3) is 5.91 Å². The Labute approximate surface area is 77.6 Å². The molecule has 0 aromatic carbocycles. The Morgan fingerprint density at radius 2 is 2.46 bits per heavy atom. The first kappa shape index (κ1) is 8.09. The van der Waals surface area contributed by atoms with E-state index in [-0.39, 0.29) is 5.91 Å². The van der Waals surface area contributed by atoms with E-state index in [9.17, 15) is 4.79 Å². The zero-order chi connectivity index (χ0) is 9.26. The summed E-state index contributed by atoms with van der Waals surface area (Å²) in [7, 11) is 0. The smallest absolute Gasteiger partial charge is 0.288 e. The number of nitrogens with one attached hydrogen (secondary N) is 1. The van der Waals surface area contributed by atoms with Gasteiger partial charge in [0.05, 0.1) is 10.2 Å². The first-order chi connectivity index (χ1) is 6.31. The Hall–Kier alpha value is -1.53. The van der Waals surface area contributed by atoms with Gasteiger partial charge >= 0.3 is 0 Å². The lowest BCUT2D eigenvalue weighted by Gasteiger charge is -1.89. The van der Waals surface area contributed by atoms with Crippen LogP contribution in [0, 0.1) is 0 Å². The van der Waals surface area contributed by atoms with Crippen molar-refractivity contribution in [1.82, 2.24) is 15.4 Å². The fourth-order valence-electron chi connectivity index (χ4n) is 0.939. The van der Waals surface area contributed by atoms with E-state index in [0.717, 1.165) is 10.2 Å². The minimum atomic E-state index is -0.374. The Morgan fingerprint density at radius 3 is 3.15 bits per heavy atom. The number of pyridine rings is 1. The van der Waals surface area contributed by atoms with Crippen molar-refractivity contribution in [3.63, 3.8) is 0 Å². The average Bonchev–Trinajstić information content (AvgIpc) is 2.59. The van der Waals surface area contributed by atoms with Gasteiger partial charge in [-0.2, -0.15) is 0 Å². The maximum absolute atomic E-state index is 11.1. The number of carbonyl (C=O) groups excluding carboxylic acids is 1. The van der Waals surface area contributed by atoms with Gasteiger partial charge in [-0.25, -0.2) is 10.8 Å². The predicted molar refractivity (Wildman–Crippen MR) is 49.1 cm³/mol. The Balaban J connectivity index is 2.56. The second-order valence-electron chi connectivity index (χ2n) is 2.34. The molecule has 0 radical (unpaired) electrons. The van der Waals surface area contributed by atoms with E-state index in [2.05, 4.69) is 9.97 Å². The van der Waals surface area contributed by atoms with Gasteiger partial charge < -0.3 is 0 Å². The zero-order valence-corrected chi connectivity index (χ0v) is 7.34. The van der Waals surface area contributed by atoms with Crippen molar-refractivity contribution >= 4 is 27.5 Å². The number of nitrogen functional groups attached to an aromatic ring is 1. The molecule has 1 amide bonds. The molecule has 0 spiro atoms. The summed E-state index contributed by atoms with van der Waals surface area (Å²) in [6.45, 7) is 0. The molecule has 3 N–H and O–H groups in total. The lowest BCUT2D eigenvalue weighted by molar-refractivity contribution is 0.0953. The summed E-state index contributed by atoms with van der Waals surface area (Å²) in [4.78, 5) is 19.1. The van der Waals surface area contributed by atoms with Gasteiger partial charge in [-0.15, -0.1) is 11.3 Å². The van der Waals surface area contributed by atoms with Crippen molar-refractivity contribution in [2.45, 2.75) is 0 Å². The number of nitrogens with two attached hydrogens (primary N) is 1. The number of hydrazine groups is 1. The summed E-state index contributed by atoms with van der Waals surface area (Å²) in [6.07, 6.45) is 3.30. The normalized spacial score (nSPS) is 10.2. The molecule has 0 aliphatic rings. The van der Waals surface area contributed by atoms with Crippen LogP contribution in [0.25, 0.3) is 10.2 Å². The van der Waals surface area contributed by atoms with Crippen LogP contribution in [0.2, 0.25) is 0 Å². The number of hydrogen-bond acceptors (Lipinski definition) is 5. The third-order valence-corrected chi connectivity index (χ3v) is 2.52. The number of nitrogens with zero attached hydrogens (tertiary/aromatic N) is 2. The van der Waals surface area contributed by atoms with Gasteiger partial charge in [0, 0.05) is 12.4 Å². The zero-order valence-electron chi connectivity index (χ0n) is 6.52. The molecular formula is C7H6N4OS. The van der Waals surface area contributed by atoms with E-state index in [1.165, 1.54) is 11.3 Å². The molecule has 6 heteroatoms. The van der Waals surface area contributed by atoms with Crippen LogP contribution in [0.1, 0.15) is 9.80 Å². The van der Waals surface area contributed by atoms with Crippen LogP contribution in [0.15, 0.2) is 18.5 Å². The summed E-state index contributed by atoms with van der Waals surface area (Å²) in [5.41, 5.74) is 2.79. The quantitative estimate of drug-likeness (QED) is 0.388. The number of hydrogen-bond donors (Lipinski definition) is 2. The van der Waals surface area contributed by atoms with E-state index in [0.29, 0.717) is 5.01 Å². The summed E-state index contributed by atoms with van der Waals surface area (Å²) < 4.78 is 0.876. The van der Waals surface area contributed by atoms with Gasteiger partial charge in [0.2, 0.25) is 0 Å². The summed E-state index contributed by atoms with van der Waals surface area (Å²) in [5.74, 6) is 4.60. The maximum Gasteiger partial charge on any atom is 0.294 e. The van der Waals surface area contributed by atoms with E-state index < -0.39 is 0 Å². The van der Waals surface area contributed by atoms with Crippen molar-refractivity contribution in [2.24, 2.45) is 5.84 Å². The van der Waals surface area contributed by atoms with E-state index >= 15 is 0 Å². The van der Waals surface area contributed by atoms with Gasteiger partial charge in [0.1, 0.15) is 0 Å². The standard InChI is InChI=1S/C7H6N4OS/c8-11-6(12)7-10-4-1-2-9-3-5(4)13-7/h1-3H,8H2,(H,11,12). The largest absolute Gasteiger partial charge is 0.294 e. The summed E-state index contributed by atoms with van der Waals surface area (Å²) in [5, 5.41) is 0.352. The van der Waals surface area contributed by atoms with Crippen LogP contribution in [0.4, 0.5) is 0 Å². The Kier molecular flexibility index (Phi) is 1.91. The Bertz CT molecular complexity index is 419. The number of thiazole rings is 1. The number of aromatic nitrogens is 2. The monoisotopic (exact) mass is 194 g/mol. The molecule has 0 saturated heterocycles. The van der Waals surface area contributed by atoms with Crippen LogP contribution < -0.4 is 11.3 Å². The third-order valence-electron chi connectivity index (χ3n) is 1.52. The summed E-state index contributed by atoms with van der Waals surface area (Å²) >= 11 is 1.26. The van der Waals surface area contributed by atoms with Crippen LogP contribution >= 0.6 is 11.3 Å². The van der Waals surface area contributed by atoms with Crippen molar-refractivity contribution in [1.29, 1.82) is 0 Å². The van der Waals surface area contributed by atoms with Crippen LogP contribution in [-0.4, -0.2) is 15.9 Å². The molecule has 66 valence electrons. The van der Waals surface area contributed by atoms with Crippen molar-refractivity contribution < 1.29 is 4.79 Å². The topological polar surface area (TPSA) is 80.9 Å². The minimum absolute atomic E-state index is 0.352. The highest BCUT2D eigenvalue weighted by Gasteiger charge is 2.09. The molecule has 2 aromatic rings. The molecule has 13 heavy (non-hydrogen) atoms. The van der Waals surface area contributed by atoms with E-state index in [1.54, 1.807) is 18.5 Å². The molecular weight excluding hydrogens is 188 g/mol. The Morgan fingerprint density at radius 1 is 1.62 bits per heavy atom. The number of fused-ring (bicyclic) bond motifs is 1. The molecule has 5 nitrogen and oxygen atoms in total. The molecule has 0 saturated carbocycles. The molecule has 0 bridgehead atoms. The molecule has 2 aromatic heterocycles.